The van der Waals surface area contributed by atoms with E-state index in [1.165, 1.54) is 9.21 Å². The van der Waals surface area contributed by atoms with E-state index >= 15 is 0 Å². The predicted molar refractivity (Wildman–Crippen MR) is 172 cm³/mol. The van der Waals surface area contributed by atoms with E-state index in [0.29, 0.717) is 26.3 Å². The van der Waals surface area contributed by atoms with E-state index in [-0.39, 0.29) is 44.2 Å². The lowest BCUT2D eigenvalue weighted by Crippen LogP contribution is -2.54. The zero-order valence-electron chi connectivity index (χ0n) is 24.1. The first-order valence-electron chi connectivity index (χ1n) is 13.5. The summed E-state index contributed by atoms with van der Waals surface area (Å²) in [5.41, 5.74) is 1.25. The van der Waals surface area contributed by atoms with E-state index in [1.807, 2.05) is 51.1 Å². The van der Waals surface area contributed by atoms with Crippen LogP contribution >= 0.6 is 34.8 Å². The first-order valence-corrected chi connectivity index (χ1v) is 16.5. The maximum Gasteiger partial charge on any atom is 0.243 e. The van der Waals surface area contributed by atoms with Gasteiger partial charge in [-0.25, -0.2) is 8.42 Å². The summed E-state index contributed by atoms with van der Waals surface area (Å²) >= 11 is 19.1. The van der Waals surface area contributed by atoms with Crippen molar-refractivity contribution < 1.29 is 18.0 Å². The van der Waals surface area contributed by atoms with Crippen LogP contribution in [-0.4, -0.2) is 49.5 Å². The maximum absolute atomic E-state index is 14.0. The largest absolute Gasteiger partial charge is 0.350 e. The Labute approximate surface area is 263 Å². The molecule has 0 unspecified atom stereocenters. The molecule has 42 heavy (non-hydrogen) atoms. The molecular weight excluding hydrogens is 617 g/mol. The second kappa shape index (κ2) is 14.6. The number of nitrogens with one attached hydrogen (secondary N) is 1. The quantitative estimate of drug-likeness (QED) is 0.235. The van der Waals surface area contributed by atoms with Gasteiger partial charge < -0.3 is 10.2 Å². The monoisotopic (exact) mass is 651 g/mol. The molecule has 0 fully saturated rings. The highest BCUT2D eigenvalue weighted by Gasteiger charge is 2.33. The van der Waals surface area contributed by atoms with E-state index < -0.39 is 21.6 Å². The lowest BCUT2D eigenvalue weighted by atomic mass is 10.00. The molecule has 0 aliphatic carbocycles. The second-order valence-electron chi connectivity index (χ2n) is 11.1. The molecule has 0 saturated heterocycles. The summed E-state index contributed by atoms with van der Waals surface area (Å²) in [7, 11) is -3.65. The number of carbonyl (C=O) groups excluding carboxylic acids is 2. The summed E-state index contributed by atoms with van der Waals surface area (Å²) in [5, 5.41) is 4.16. The predicted octanol–water partition coefficient (Wildman–Crippen LogP) is 6.75. The molecule has 1 N–H and O–H groups in total. The van der Waals surface area contributed by atoms with E-state index in [0.717, 1.165) is 11.8 Å². The van der Waals surface area contributed by atoms with Gasteiger partial charge in [-0.2, -0.15) is 0 Å². The van der Waals surface area contributed by atoms with Crippen molar-refractivity contribution in [2.45, 2.75) is 58.2 Å². The van der Waals surface area contributed by atoms with Crippen molar-refractivity contribution in [3.63, 3.8) is 0 Å². The van der Waals surface area contributed by atoms with Gasteiger partial charge in [0.1, 0.15) is 6.04 Å². The van der Waals surface area contributed by atoms with E-state index in [2.05, 4.69) is 5.32 Å². The fraction of sp³-hybridized carbons (Fsp3) is 0.355. The SMILES string of the molecule is CC(C)(C)NC(=O)[C@H](Cc1ccccc1)N(Cc1c(Cl)cccc1Cl)C(=O)CCCN(c1cccc(Cl)c1)S(C)(=O)=O. The minimum atomic E-state index is -3.65. The highest BCUT2D eigenvalue weighted by molar-refractivity contribution is 7.92. The Morgan fingerprint density at radius 3 is 2.10 bits per heavy atom. The highest BCUT2D eigenvalue weighted by atomic mass is 35.5. The molecule has 0 aromatic heterocycles. The van der Waals surface area contributed by atoms with Crippen LogP contribution in [0, 0.1) is 0 Å². The molecule has 3 aromatic carbocycles. The Kier molecular flexibility index (Phi) is 11.7. The Morgan fingerprint density at radius 2 is 1.52 bits per heavy atom. The van der Waals surface area contributed by atoms with Gasteiger partial charge in [-0.1, -0.05) is 77.3 Å². The lowest BCUT2D eigenvalue weighted by Gasteiger charge is -2.34. The van der Waals surface area contributed by atoms with Gasteiger partial charge in [-0.05, 0) is 63.1 Å². The van der Waals surface area contributed by atoms with Gasteiger partial charge in [0, 0.05) is 52.1 Å². The van der Waals surface area contributed by atoms with Crippen LogP contribution in [0.2, 0.25) is 15.1 Å². The average Bonchev–Trinajstić information content (AvgIpc) is 2.88. The van der Waals surface area contributed by atoms with Crippen LogP contribution < -0.4 is 9.62 Å². The first kappa shape index (κ1) is 33.7. The molecule has 7 nitrogen and oxygen atoms in total. The van der Waals surface area contributed by atoms with Crippen molar-refractivity contribution in [1.82, 2.24) is 10.2 Å². The van der Waals surface area contributed by atoms with Crippen LogP contribution in [0.4, 0.5) is 5.69 Å². The van der Waals surface area contributed by atoms with Gasteiger partial charge in [0.2, 0.25) is 21.8 Å². The molecule has 0 bridgehead atoms. The molecule has 0 heterocycles. The summed E-state index contributed by atoms with van der Waals surface area (Å²) in [5.74, 6) is -0.657. The van der Waals surface area contributed by atoms with Gasteiger partial charge in [0.15, 0.2) is 0 Å². The van der Waals surface area contributed by atoms with Crippen LogP contribution in [0.5, 0.6) is 0 Å². The van der Waals surface area contributed by atoms with Gasteiger partial charge in [-0.15, -0.1) is 0 Å². The third kappa shape index (κ3) is 9.90. The number of carbonyl (C=O) groups is 2. The maximum atomic E-state index is 14.0. The van der Waals surface area contributed by atoms with Crippen LogP contribution in [0.15, 0.2) is 72.8 Å². The Balaban J connectivity index is 1.95. The van der Waals surface area contributed by atoms with Crippen LogP contribution in [0.25, 0.3) is 0 Å². The van der Waals surface area contributed by atoms with Crippen LogP contribution in [0.1, 0.15) is 44.7 Å². The average molecular weight is 653 g/mol. The summed E-state index contributed by atoms with van der Waals surface area (Å²) in [4.78, 5) is 29.2. The summed E-state index contributed by atoms with van der Waals surface area (Å²) in [6.45, 7) is 5.66. The number of sulfonamides is 1. The lowest BCUT2D eigenvalue weighted by molar-refractivity contribution is -0.142. The van der Waals surface area contributed by atoms with Gasteiger partial charge in [0.25, 0.3) is 0 Å². The number of anilines is 1. The minimum absolute atomic E-state index is 0.00349. The van der Waals surface area contributed by atoms with Crippen molar-refractivity contribution in [3.05, 3.63) is 99.0 Å². The van der Waals surface area contributed by atoms with Crippen molar-refractivity contribution >= 4 is 62.3 Å². The summed E-state index contributed by atoms with van der Waals surface area (Å²) < 4.78 is 26.4. The third-order valence-electron chi connectivity index (χ3n) is 6.41. The van der Waals surface area contributed by atoms with Gasteiger partial charge >= 0.3 is 0 Å². The molecule has 1 atom stereocenters. The molecule has 3 rings (SSSR count). The second-order valence-corrected chi connectivity index (χ2v) is 14.2. The van der Waals surface area contributed by atoms with Gasteiger partial charge in [-0.3, -0.25) is 13.9 Å². The van der Waals surface area contributed by atoms with Crippen molar-refractivity contribution in [2.24, 2.45) is 0 Å². The molecule has 0 spiro atoms. The fourth-order valence-electron chi connectivity index (χ4n) is 4.50. The normalized spacial score (nSPS) is 12.5. The molecule has 0 aliphatic rings. The number of halogens is 3. The molecule has 11 heteroatoms. The smallest absolute Gasteiger partial charge is 0.243 e. The highest BCUT2D eigenvalue weighted by Crippen LogP contribution is 2.28. The van der Waals surface area contributed by atoms with E-state index in [4.69, 9.17) is 34.8 Å². The molecule has 226 valence electrons. The third-order valence-corrected chi connectivity index (χ3v) is 8.55. The molecule has 0 saturated carbocycles. The molecule has 0 aliphatic heterocycles. The van der Waals surface area contributed by atoms with Crippen LogP contribution in [0.3, 0.4) is 0 Å². The van der Waals surface area contributed by atoms with E-state index in [1.54, 1.807) is 42.5 Å². The Morgan fingerprint density at radius 1 is 0.905 bits per heavy atom. The molecule has 3 aromatic rings. The first-order chi connectivity index (χ1) is 19.7. The zero-order valence-corrected chi connectivity index (χ0v) is 27.2. The molecule has 0 radical (unpaired) electrons. The number of nitrogens with zero attached hydrogens (tertiary/aromatic N) is 2. The molecule has 2 amide bonds. The Bertz CT molecular complexity index is 1470. The van der Waals surface area contributed by atoms with E-state index in [9.17, 15) is 18.0 Å². The van der Waals surface area contributed by atoms with Crippen LogP contribution in [-0.2, 0) is 32.6 Å². The topological polar surface area (TPSA) is 86.8 Å². The molecular formula is C31H36Cl3N3O4S. The van der Waals surface area contributed by atoms with Crippen molar-refractivity contribution in [3.8, 4) is 0 Å². The number of amides is 2. The summed E-state index contributed by atoms with van der Waals surface area (Å²) in [6, 6.07) is 20.2. The number of rotatable bonds is 12. The van der Waals surface area contributed by atoms with Crippen molar-refractivity contribution in [2.75, 3.05) is 17.1 Å². The zero-order chi connectivity index (χ0) is 31.1. The Hall–Kier alpha value is -2.78. The summed E-state index contributed by atoms with van der Waals surface area (Å²) in [6.07, 6.45) is 1.54. The number of hydrogen-bond acceptors (Lipinski definition) is 4. The number of benzene rings is 3. The fourth-order valence-corrected chi connectivity index (χ4v) is 6.15. The van der Waals surface area contributed by atoms with Crippen molar-refractivity contribution in [1.29, 1.82) is 0 Å². The number of hydrogen-bond donors (Lipinski definition) is 1. The van der Waals surface area contributed by atoms with Gasteiger partial charge in [0.05, 0.1) is 11.9 Å². The standard InChI is InChI=1S/C31H36Cl3N3O4S/c1-31(2,3)35-30(39)28(19-22-11-6-5-7-12-22)36(21-25-26(33)15-9-16-27(25)34)29(38)17-10-18-37(42(4,40)41)24-14-8-13-23(32)20-24/h5-9,11-16,20,28H,10,17-19,21H2,1-4H3,(H,35,39)/t28-/m0/s1. The minimum Gasteiger partial charge on any atom is -0.350 e.